The standard InChI is InChI=1S/C54H34N3OP/c58-59(45-27-29-55-30-28-45,46-25-21-35-7-1-2-9-40(35)32-46)44-23-19-37(20-24-44)36-13-15-38(16-14-36)41-17-18-42-33-49-48-26-22-39-8-3-4-10-47(39)53(48)54-56-50-11-5-6-12-51(50)57(54)52(49)34-43(42)31-41/h1-34H. The van der Waals surface area contributed by atoms with Crippen LogP contribution in [0.2, 0.25) is 0 Å². The molecule has 1 unspecified atom stereocenters. The van der Waals surface area contributed by atoms with Crippen molar-refractivity contribution in [3.63, 3.8) is 0 Å². The first-order valence-corrected chi connectivity index (χ1v) is 21.6. The third-order valence-electron chi connectivity index (χ3n) is 12.1. The summed E-state index contributed by atoms with van der Waals surface area (Å²) < 4.78 is 17.6. The van der Waals surface area contributed by atoms with Crippen LogP contribution < -0.4 is 15.9 Å². The number of nitrogens with zero attached hydrogens (tertiary/aromatic N) is 3. The largest absolute Gasteiger partial charge is 0.309 e. The molecule has 0 aliphatic carbocycles. The third-order valence-corrected chi connectivity index (χ3v) is 15.2. The van der Waals surface area contributed by atoms with E-state index in [0.29, 0.717) is 0 Å². The maximum Gasteiger partial charge on any atom is 0.171 e. The number of fused-ring (bicyclic) bond motifs is 12. The minimum absolute atomic E-state index is 0.771. The lowest BCUT2D eigenvalue weighted by Crippen LogP contribution is -2.25. The Morgan fingerprint density at radius 2 is 0.983 bits per heavy atom. The van der Waals surface area contributed by atoms with Gasteiger partial charge in [0.1, 0.15) is 5.65 Å². The van der Waals surface area contributed by atoms with Crippen LogP contribution in [0.15, 0.2) is 207 Å². The zero-order valence-electron chi connectivity index (χ0n) is 31.8. The van der Waals surface area contributed by atoms with Crippen molar-refractivity contribution in [2.45, 2.75) is 0 Å². The highest BCUT2D eigenvalue weighted by Crippen LogP contribution is 2.44. The fourth-order valence-corrected chi connectivity index (χ4v) is 11.8. The summed E-state index contributed by atoms with van der Waals surface area (Å²) in [6.07, 6.45) is 3.44. The fourth-order valence-electron chi connectivity index (χ4n) is 9.13. The summed E-state index contributed by atoms with van der Waals surface area (Å²) in [7, 11) is -3.17. The highest BCUT2D eigenvalue weighted by molar-refractivity contribution is 7.85. The molecule has 3 aromatic heterocycles. The molecule has 0 bridgehead atoms. The van der Waals surface area contributed by atoms with E-state index in [-0.39, 0.29) is 0 Å². The number of rotatable bonds is 5. The Hall–Kier alpha value is -7.39. The number of hydrogen-bond acceptors (Lipinski definition) is 3. The van der Waals surface area contributed by atoms with Crippen molar-refractivity contribution in [3.05, 3.63) is 207 Å². The molecule has 0 aliphatic rings. The summed E-state index contributed by atoms with van der Waals surface area (Å²) in [6.45, 7) is 0. The zero-order valence-corrected chi connectivity index (χ0v) is 32.7. The van der Waals surface area contributed by atoms with E-state index in [1.54, 1.807) is 12.4 Å². The zero-order chi connectivity index (χ0) is 39.1. The fraction of sp³-hybridized carbons (Fsp3) is 0. The molecule has 0 radical (unpaired) electrons. The average molecular weight is 772 g/mol. The molecule has 0 amide bonds. The van der Waals surface area contributed by atoms with Gasteiger partial charge in [-0.15, -0.1) is 0 Å². The van der Waals surface area contributed by atoms with Gasteiger partial charge in [-0.3, -0.25) is 9.38 Å². The van der Waals surface area contributed by atoms with E-state index < -0.39 is 7.14 Å². The second kappa shape index (κ2) is 13.1. The van der Waals surface area contributed by atoms with E-state index >= 15 is 4.57 Å². The molecule has 12 rings (SSSR count). The summed E-state index contributed by atoms with van der Waals surface area (Å²) in [5.41, 5.74) is 8.71. The summed E-state index contributed by atoms with van der Waals surface area (Å²) in [6, 6.07) is 68.1. The summed E-state index contributed by atoms with van der Waals surface area (Å²) >= 11 is 0. The van der Waals surface area contributed by atoms with Crippen molar-refractivity contribution >= 4 is 93.7 Å². The molecule has 4 nitrogen and oxygen atoms in total. The van der Waals surface area contributed by atoms with E-state index in [4.69, 9.17) is 4.98 Å². The van der Waals surface area contributed by atoms with Crippen LogP contribution in [0.1, 0.15) is 0 Å². The average Bonchev–Trinajstić information content (AvgIpc) is 3.70. The predicted molar refractivity (Wildman–Crippen MR) is 248 cm³/mol. The van der Waals surface area contributed by atoms with Crippen molar-refractivity contribution in [1.82, 2.24) is 14.4 Å². The number of para-hydroxylation sites is 2. The molecule has 0 aliphatic heterocycles. The summed E-state index contributed by atoms with van der Waals surface area (Å²) in [5, 5.41) is 13.0. The topological polar surface area (TPSA) is 47.3 Å². The second-order valence-electron chi connectivity index (χ2n) is 15.4. The van der Waals surface area contributed by atoms with Crippen molar-refractivity contribution < 1.29 is 4.57 Å². The molecule has 0 fully saturated rings. The lowest BCUT2D eigenvalue weighted by molar-refractivity contribution is 0.592. The smallest absolute Gasteiger partial charge is 0.171 e. The number of benzene rings is 9. The van der Waals surface area contributed by atoms with Crippen LogP contribution in [0, 0.1) is 0 Å². The van der Waals surface area contributed by atoms with Gasteiger partial charge in [0.25, 0.3) is 0 Å². The van der Waals surface area contributed by atoms with Crippen LogP contribution in [-0.4, -0.2) is 14.4 Å². The number of pyridine rings is 2. The van der Waals surface area contributed by atoms with E-state index in [1.165, 1.54) is 37.7 Å². The maximum absolute atomic E-state index is 15.3. The van der Waals surface area contributed by atoms with E-state index in [9.17, 15) is 0 Å². The Kier molecular flexibility index (Phi) is 7.47. The lowest BCUT2D eigenvalue weighted by atomic mass is 9.95. The minimum Gasteiger partial charge on any atom is -0.309 e. The van der Waals surface area contributed by atoms with Gasteiger partial charge < -0.3 is 4.57 Å². The van der Waals surface area contributed by atoms with Crippen molar-refractivity contribution in [2.75, 3.05) is 0 Å². The van der Waals surface area contributed by atoms with Crippen LogP contribution in [0.3, 0.4) is 0 Å². The van der Waals surface area contributed by atoms with Gasteiger partial charge in [0, 0.05) is 39.1 Å². The molecule has 59 heavy (non-hydrogen) atoms. The third kappa shape index (κ3) is 5.27. The van der Waals surface area contributed by atoms with E-state index in [0.717, 1.165) is 71.1 Å². The minimum atomic E-state index is -3.17. The molecule has 0 spiro atoms. The SMILES string of the molecule is O=P(c1ccncc1)(c1ccc(-c2ccc(-c3ccc4cc5c6ccc7ccccc7c6c6nc7ccccc7n6c5cc4c3)cc2)cc1)c1ccc2ccccc2c1. The Balaban J connectivity index is 0.924. The van der Waals surface area contributed by atoms with Crippen molar-refractivity contribution in [1.29, 1.82) is 0 Å². The summed E-state index contributed by atoms with van der Waals surface area (Å²) in [4.78, 5) is 9.44. The molecule has 0 saturated carbocycles. The first kappa shape index (κ1) is 33.7. The van der Waals surface area contributed by atoms with Gasteiger partial charge in [-0.25, -0.2) is 4.98 Å². The Bertz CT molecular complexity index is 3690. The predicted octanol–water partition coefficient (Wildman–Crippen LogP) is 12.6. The van der Waals surface area contributed by atoms with Gasteiger partial charge in [0.15, 0.2) is 7.14 Å². The molecular formula is C54H34N3OP. The van der Waals surface area contributed by atoms with Crippen molar-refractivity contribution in [2.24, 2.45) is 0 Å². The highest BCUT2D eigenvalue weighted by atomic mass is 31.2. The van der Waals surface area contributed by atoms with Crippen LogP contribution >= 0.6 is 7.14 Å². The molecule has 0 saturated heterocycles. The van der Waals surface area contributed by atoms with Crippen LogP contribution in [-0.2, 0) is 4.57 Å². The van der Waals surface area contributed by atoms with Crippen LogP contribution in [0.5, 0.6) is 0 Å². The van der Waals surface area contributed by atoms with Crippen molar-refractivity contribution in [3.8, 4) is 22.3 Å². The maximum atomic E-state index is 15.3. The number of aromatic nitrogens is 3. The molecule has 5 heteroatoms. The first-order valence-electron chi connectivity index (χ1n) is 19.9. The molecule has 1 atom stereocenters. The van der Waals surface area contributed by atoms with Gasteiger partial charge in [0.05, 0.1) is 16.6 Å². The Labute approximate surface area is 340 Å². The number of hydrogen-bond donors (Lipinski definition) is 0. The molecular weight excluding hydrogens is 738 g/mol. The molecule has 9 aromatic carbocycles. The molecule has 3 heterocycles. The van der Waals surface area contributed by atoms with Gasteiger partial charge in [0.2, 0.25) is 0 Å². The number of imidazole rings is 1. The van der Waals surface area contributed by atoms with Gasteiger partial charge >= 0.3 is 0 Å². The van der Waals surface area contributed by atoms with E-state index in [1.807, 2.05) is 42.5 Å². The monoisotopic (exact) mass is 771 g/mol. The van der Waals surface area contributed by atoms with Crippen LogP contribution in [0.4, 0.5) is 0 Å². The summed E-state index contributed by atoms with van der Waals surface area (Å²) in [5.74, 6) is 0. The first-order chi connectivity index (χ1) is 29.1. The second-order valence-corrected chi connectivity index (χ2v) is 18.1. The van der Waals surface area contributed by atoms with Gasteiger partial charge in [-0.2, -0.15) is 0 Å². The van der Waals surface area contributed by atoms with Gasteiger partial charge in [-0.05, 0) is 108 Å². The molecule has 12 aromatic rings. The normalized spacial score (nSPS) is 12.9. The Morgan fingerprint density at radius 3 is 1.80 bits per heavy atom. The van der Waals surface area contributed by atoms with E-state index in [2.05, 4.69) is 161 Å². The molecule has 0 N–H and O–H groups in total. The Morgan fingerprint density at radius 1 is 0.390 bits per heavy atom. The highest BCUT2D eigenvalue weighted by Gasteiger charge is 2.30. The van der Waals surface area contributed by atoms with Crippen LogP contribution in [0.25, 0.3) is 92.9 Å². The van der Waals surface area contributed by atoms with Gasteiger partial charge in [-0.1, -0.05) is 146 Å². The molecule has 276 valence electrons. The quantitative estimate of drug-likeness (QED) is 0.0994. The lowest BCUT2D eigenvalue weighted by Gasteiger charge is -2.20.